The quantitative estimate of drug-likeness (QED) is 0.749. The Bertz CT molecular complexity index is 718. The van der Waals surface area contributed by atoms with Gasteiger partial charge in [0.25, 0.3) is 0 Å². The first-order chi connectivity index (χ1) is 12.7. The zero-order chi connectivity index (χ0) is 18.2. The first-order valence-corrected chi connectivity index (χ1v) is 9.08. The maximum atomic E-state index is 11.5. The molecule has 1 heterocycles. The number of methoxy groups -OCH3 is 1. The molecule has 0 bridgehead atoms. The van der Waals surface area contributed by atoms with Gasteiger partial charge in [-0.2, -0.15) is 0 Å². The zero-order valence-electron chi connectivity index (χ0n) is 15.3. The third-order valence-electron chi connectivity index (χ3n) is 4.72. The van der Waals surface area contributed by atoms with E-state index < -0.39 is 0 Å². The Kier molecular flexibility index (Phi) is 6.58. The Morgan fingerprint density at radius 3 is 2.27 bits per heavy atom. The van der Waals surface area contributed by atoms with Gasteiger partial charge in [0.2, 0.25) is 0 Å². The number of hydrogen-bond donors (Lipinski definition) is 0. The number of esters is 1. The Labute approximate surface area is 155 Å². The van der Waals surface area contributed by atoms with E-state index >= 15 is 0 Å². The van der Waals surface area contributed by atoms with Gasteiger partial charge in [0.05, 0.1) is 12.7 Å². The highest BCUT2D eigenvalue weighted by Gasteiger charge is 2.16. The molecular formula is C22H26N2O2. The van der Waals surface area contributed by atoms with Gasteiger partial charge < -0.3 is 4.74 Å². The van der Waals surface area contributed by atoms with E-state index in [0.717, 1.165) is 39.3 Å². The molecule has 4 nitrogen and oxygen atoms in total. The van der Waals surface area contributed by atoms with Crippen molar-refractivity contribution in [2.24, 2.45) is 0 Å². The fraction of sp³-hybridized carbons (Fsp3) is 0.318. The predicted molar refractivity (Wildman–Crippen MR) is 105 cm³/mol. The molecule has 1 aliphatic rings. The summed E-state index contributed by atoms with van der Waals surface area (Å²) in [5, 5.41) is 0. The molecule has 1 aliphatic heterocycles. The van der Waals surface area contributed by atoms with Crippen molar-refractivity contribution in [2.75, 3.05) is 39.8 Å². The molecule has 0 radical (unpaired) electrons. The minimum absolute atomic E-state index is 0.284. The Morgan fingerprint density at radius 1 is 0.962 bits per heavy atom. The van der Waals surface area contributed by atoms with Crippen LogP contribution in [0.5, 0.6) is 0 Å². The molecule has 0 amide bonds. The van der Waals surface area contributed by atoms with E-state index in [4.69, 9.17) is 4.74 Å². The van der Waals surface area contributed by atoms with Gasteiger partial charge in [-0.3, -0.25) is 9.80 Å². The van der Waals surface area contributed by atoms with Crippen LogP contribution in [0, 0.1) is 0 Å². The molecule has 136 valence electrons. The number of ether oxygens (including phenoxy) is 1. The van der Waals surface area contributed by atoms with E-state index in [1.54, 1.807) is 0 Å². The van der Waals surface area contributed by atoms with E-state index in [1.807, 2.05) is 30.3 Å². The molecule has 0 N–H and O–H groups in total. The number of benzene rings is 2. The normalized spacial score (nSPS) is 16.0. The van der Waals surface area contributed by atoms with Crippen molar-refractivity contribution in [3.8, 4) is 0 Å². The summed E-state index contributed by atoms with van der Waals surface area (Å²) in [6.45, 7) is 6.22. The van der Waals surface area contributed by atoms with Crippen LogP contribution in [0.3, 0.4) is 0 Å². The van der Waals surface area contributed by atoms with Crippen LogP contribution < -0.4 is 0 Å². The summed E-state index contributed by atoms with van der Waals surface area (Å²) in [4.78, 5) is 16.4. The average molecular weight is 350 g/mol. The fourth-order valence-corrected chi connectivity index (χ4v) is 3.15. The Morgan fingerprint density at radius 2 is 1.62 bits per heavy atom. The second kappa shape index (κ2) is 9.32. The van der Waals surface area contributed by atoms with E-state index in [-0.39, 0.29) is 5.97 Å². The van der Waals surface area contributed by atoms with Gasteiger partial charge in [0.1, 0.15) is 0 Å². The Balaban J connectivity index is 1.42. The fourth-order valence-electron chi connectivity index (χ4n) is 3.15. The monoisotopic (exact) mass is 350 g/mol. The van der Waals surface area contributed by atoms with E-state index in [1.165, 1.54) is 18.2 Å². The molecule has 2 aromatic rings. The number of hydrogen-bond acceptors (Lipinski definition) is 4. The molecule has 26 heavy (non-hydrogen) atoms. The average Bonchev–Trinajstić information content (AvgIpc) is 2.70. The third-order valence-corrected chi connectivity index (χ3v) is 4.72. The lowest BCUT2D eigenvalue weighted by Crippen LogP contribution is -2.45. The summed E-state index contributed by atoms with van der Waals surface area (Å²) in [6.07, 6.45) is 4.44. The standard InChI is InChI=1S/C22H26N2O2/c1-26-22(25)21-11-9-20(10-12-21)18-24-16-14-23(15-17-24)13-5-8-19-6-3-2-4-7-19/h2-12H,13-18H2,1H3/b8-5+. The molecular weight excluding hydrogens is 324 g/mol. The maximum Gasteiger partial charge on any atom is 0.337 e. The summed E-state index contributed by atoms with van der Waals surface area (Å²) < 4.78 is 4.74. The third kappa shape index (κ3) is 5.28. The summed E-state index contributed by atoms with van der Waals surface area (Å²) in [6, 6.07) is 18.1. The summed E-state index contributed by atoms with van der Waals surface area (Å²) in [5.41, 5.74) is 3.09. The number of nitrogens with zero attached hydrogens (tertiary/aromatic N) is 2. The van der Waals surface area contributed by atoms with Crippen LogP contribution in [-0.4, -0.2) is 55.6 Å². The number of piperazine rings is 1. The van der Waals surface area contributed by atoms with Crippen LogP contribution in [0.15, 0.2) is 60.7 Å². The highest BCUT2D eigenvalue weighted by Crippen LogP contribution is 2.11. The Hall–Kier alpha value is -2.43. The second-order valence-corrected chi connectivity index (χ2v) is 6.58. The lowest BCUT2D eigenvalue weighted by Gasteiger charge is -2.34. The highest BCUT2D eigenvalue weighted by molar-refractivity contribution is 5.89. The van der Waals surface area contributed by atoms with Gasteiger partial charge in [0.15, 0.2) is 0 Å². The van der Waals surface area contributed by atoms with Crippen LogP contribution in [0.25, 0.3) is 6.08 Å². The number of carbonyl (C=O) groups excluding carboxylic acids is 1. The molecule has 0 aromatic heterocycles. The molecule has 2 aromatic carbocycles. The lowest BCUT2D eigenvalue weighted by molar-refractivity contribution is 0.0600. The molecule has 4 heteroatoms. The van der Waals surface area contributed by atoms with Gasteiger partial charge in [-0.1, -0.05) is 54.6 Å². The molecule has 0 atom stereocenters. The second-order valence-electron chi connectivity index (χ2n) is 6.58. The molecule has 1 fully saturated rings. The van der Waals surface area contributed by atoms with Crippen LogP contribution in [0.1, 0.15) is 21.5 Å². The largest absolute Gasteiger partial charge is 0.465 e. The van der Waals surface area contributed by atoms with Crippen molar-refractivity contribution in [1.82, 2.24) is 9.80 Å². The van der Waals surface area contributed by atoms with E-state index in [2.05, 4.69) is 46.2 Å². The first-order valence-electron chi connectivity index (χ1n) is 9.08. The van der Waals surface area contributed by atoms with Gasteiger partial charge in [0, 0.05) is 39.3 Å². The highest BCUT2D eigenvalue weighted by atomic mass is 16.5. The van der Waals surface area contributed by atoms with Crippen molar-refractivity contribution in [1.29, 1.82) is 0 Å². The van der Waals surface area contributed by atoms with Crippen LogP contribution >= 0.6 is 0 Å². The van der Waals surface area contributed by atoms with Crippen LogP contribution in [0.4, 0.5) is 0 Å². The van der Waals surface area contributed by atoms with E-state index in [9.17, 15) is 4.79 Å². The van der Waals surface area contributed by atoms with Gasteiger partial charge in [-0.25, -0.2) is 4.79 Å². The molecule has 1 saturated heterocycles. The molecule has 0 spiro atoms. The number of carbonyl (C=O) groups is 1. The van der Waals surface area contributed by atoms with Crippen LogP contribution in [-0.2, 0) is 11.3 Å². The van der Waals surface area contributed by atoms with Gasteiger partial charge >= 0.3 is 5.97 Å². The van der Waals surface area contributed by atoms with Crippen LogP contribution in [0.2, 0.25) is 0 Å². The maximum absolute atomic E-state index is 11.5. The number of rotatable bonds is 6. The molecule has 0 saturated carbocycles. The minimum Gasteiger partial charge on any atom is -0.465 e. The summed E-state index contributed by atoms with van der Waals surface area (Å²) >= 11 is 0. The van der Waals surface area contributed by atoms with Crippen molar-refractivity contribution < 1.29 is 9.53 Å². The SMILES string of the molecule is COC(=O)c1ccc(CN2CCN(C/C=C/c3ccccc3)CC2)cc1. The molecule has 0 unspecified atom stereocenters. The van der Waals surface area contributed by atoms with Crippen molar-refractivity contribution in [3.05, 3.63) is 77.4 Å². The molecule has 3 rings (SSSR count). The van der Waals surface area contributed by atoms with E-state index in [0.29, 0.717) is 5.56 Å². The van der Waals surface area contributed by atoms with Gasteiger partial charge in [-0.05, 0) is 23.3 Å². The van der Waals surface area contributed by atoms with Gasteiger partial charge in [-0.15, -0.1) is 0 Å². The minimum atomic E-state index is -0.284. The lowest BCUT2D eigenvalue weighted by atomic mass is 10.1. The summed E-state index contributed by atoms with van der Waals surface area (Å²) in [7, 11) is 1.41. The smallest absolute Gasteiger partial charge is 0.337 e. The predicted octanol–water partition coefficient (Wildman–Crippen LogP) is 3.30. The first kappa shape index (κ1) is 18.4. The topological polar surface area (TPSA) is 32.8 Å². The van der Waals surface area contributed by atoms with Crippen molar-refractivity contribution in [3.63, 3.8) is 0 Å². The summed E-state index contributed by atoms with van der Waals surface area (Å²) in [5.74, 6) is -0.284. The molecule has 0 aliphatic carbocycles. The van der Waals surface area contributed by atoms with Crippen molar-refractivity contribution in [2.45, 2.75) is 6.54 Å². The van der Waals surface area contributed by atoms with Crippen molar-refractivity contribution >= 4 is 12.0 Å². The zero-order valence-corrected chi connectivity index (χ0v) is 15.3.